The maximum absolute atomic E-state index is 13.2. The highest BCUT2D eigenvalue weighted by Crippen LogP contribution is 2.30. The third kappa shape index (κ3) is 5.43. The van der Waals surface area contributed by atoms with Crippen molar-refractivity contribution >= 4 is 23.5 Å². The van der Waals surface area contributed by atoms with E-state index in [4.69, 9.17) is 16.3 Å². The number of carbonyl (C=O) groups is 2. The number of nitrogens with one attached hydrogen (secondary N) is 1. The number of ether oxygens (including phenoxy) is 1. The summed E-state index contributed by atoms with van der Waals surface area (Å²) in [4.78, 5) is 24.9. The smallest absolute Gasteiger partial charge is 0.435 e. The molecule has 3 rings (SSSR count). The lowest BCUT2D eigenvalue weighted by Gasteiger charge is -2.14. The maximum atomic E-state index is 13.2. The van der Waals surface area contributed by atoms with Crippen molar-refractivity contribution < 1.29 is 27.5 Å². The van der Waals surface area contributed by atoms with E-state index in [9.17, 15) is 22.8 Å². The molecule has 0 unspecified atom stereocenters. The lowest BCUT2D eigenvalue weighted by molar-refractivity contribution is -0.146. The van der Waals surface area contributed by atoms with Crippen LogP contribution in [0.2, 0.25) is 5.02 Å². The first-order valence-electron chi connectivity index (χ1n) is 9.10. The number of nitrogens with zero attached hydrogens (tertiary/aromatic N) is 2. The molecular formula is C21H17ClF3N3O3. The molecule has 1 N–H and O–H groups in total. The summed E-state index contributed by atoms with van der Waals surface area (Å²) in [6, 6.07) is 14.4. The van der Waals surface area contributed by atoms with Gasteiger partial charge in [-0.15, -0.1) is 0 Å². The van der Waals surface area contributed by atoms with E-state index in [1.807, 2.05) is 6.07 Å². The van der Waals surface area contributed by atoms with Gasteiger partial charge in [0, 0.05) is 6.07 Å². The second kappa shape index (κ2) is 9.22. The van der Waals surface area contributed by atoms with Gasteiger partial charge in [-0.05, 0) is 24.6 Å². The highest BCUT2D eigenvalue weighted by molar-refractivity contribution is 6.32. The Hall–Kier alpha value is -3.33. The summed E-state index contributed by atoms with van der Waals surface area (Å²) in [5.74, 6) is -1.68. The topological polar surface area (TPSA) is 73.2 Å². The number of benzene rings is 2. The number of aromatic nitrogens is 2. The summed E-state index contributed by atoms with van der Waals surface area (Å²) < 4.78 is 45.5. The van der Waals surface area contributed by atoms with Crippen molar-refractivity contribution in [1.29, 1.82) is 0 Å². The molecule has 0 spiro atoms. The van der Waals surface area contributed by atoms with Gasteiger partial charge < -0.3 is 10.1 Å². The molecule has 10 heteroatoms. The van der Waals surface area contributed by atoms with E-state index in [1.54, 1.807) is 36.4 Å². The van der Waals surface area contributed by atoms with Crippen LogP contribution in [0.25, 0.3) is 5.69 Å². The second-order valence-corrected chi connectivity index (χ2v) is 6.97. The monoisotopic (exact) mass is 451 g/mol. The van der Waals surface area contributed by atoms with Gasteiger partial charge in [-0.25, -0.2) is 9.48 Å². The Bertz CT molecular complexity index is 1080. The molecule has 1 heterocycles. The minimum atomic E-state index is -4.78. The van der Waals surface area contributed by atoms with E-state index in [1.165, 1.54) is 19.1 Å². The number of amides is 1. The van der Waals surface area contributed by atoms with Crippen LogP contribution in [0.5, 0.6) is 0 Å². The molecule has 2 aromatic carbocycles. The average molecular weight is 452 g/mol. The molecule has 0 bridgehead atoms. The molecule has 0 radical (unpaired) electrons. The largest absolute Gasteiger partial charge is 0.459 e. The average Bonchev–Trinajstić information content (AvgIpc) is 3.19. The van der Waals surface area contributed by atoms with Crippen molar-refractivity contribution in [2.75, 3.05) is 0 Å². The molecule has 0 saturated heterocycles. The van der Waals surface area contributed by atoms with Crippen LogP contribution in [-0.4, -0.2) is 27.7 Å². The summed E-state index contributed by atoms with van der Waals surface area (Å²) in [5.41, 5.74) is -0.856. The van der Waals surface area contributed by atoms with Crippen LogP contribution in [0.4, 0.5) is 13.2 Å². The van der Waals surface area contributed by atoms with Crippen LogP contribution in [0.15, 0.2) is 60.7 Å². The minimum absolute atomic E-state index is 0.00430. The zero-order chi connectivity index (χ0) is 22.6. The fraction of sp³-hybridized carbons (Fsp3) is 0.190. The Labute approximate surface area is 180 Å². The van der Waals surface area contributed by atoms with Crippen LogP contribution in [0.3, 0.4) is 0 Å². The summed E-state index contributed by atoms with van der Waals surface area (Å²) in [6.45, 7) is 1.36. The van der Waals surface area contributed by atoms with Crippen LogP contribution in [0.1, 0.15) is 28.7 Å². The van der Waals surface area contributed by atoms with Crippen molar-refractivity contribution in [3.8, 4) is 5.69 Å². The second-order valence-electron chi connectivity index (χ2n) is 6.56. The molecule has 0 aliphatic carbocycles. The first-order valence-corrected chi connectivity index (χ1v) is 9.48. The Kier molecular flexibility index (Phi) is 6.65. The quantitative estimate of drug-likeness (QED) is 0.563. The lowest BCUT2D eigenvalue weighted by atomic mass is 10.2. The summed E-state index contributed by atoms with van der Waals surface area (Å²) in [5, 5.41) is 5.93. The molecule has 31 heavy (non-hydrogen) atoms. The first-order chi connectivity index (χ1) is 14.7. The van der Waals surface area contributed by atoms with E-state index >= 15 is 0 Å². The van der Waals surface area contributed by atoms with E-state index < -0.39 is 35.5 Å². The molecular weight excluding hydrogens is 435 g/mol. The van der Waals surface area contributed by atoms with Gasteiger partial charge in [0.2, 0.25) is 0 Å². The van der Waals surface area contributed by atoms with Crippen LogP contribution in [0, 0.1) is 0 Å². The van der Waals surface area contributed by atoms with Gasteiger partial charge >= 0.3 is 12.1 Å². The minimum Gasteiger partial charge on any atom is -0.459 e. The zero-order valence-corrected chi connectivity index (χ0v) is 16.9. The fourth-order valence-corrected chi connectivity index (χ4v) is 2.89. The van der Waals surface area contributed by atoms with Gasteiger partial charge in [-0.2, -0.15) is 18.3 Å². The molecule has 0 saturated carbocycles. The summed E-state index contributed by atoms with van der Waals surface area (Å²) >= 11 is 6.07. The molecule has 0 aliphatic heterocycles. The molecule has 162 valence electrons. The van der Waals surface area contributed by atoms with Gasteiger partial charge in [0.25, 0.3) is 5.91 Å². The lowest BCUT2D eigenvalue weighted by Crippen LogP contribution is -2.40. The Morgan fingerprint density at radius 3 is 2.42 bits per heavy atom. The molecule has 6 nitrogen and oxygen atoms in total. The van der Waals surface area contributed by atoms with Gasteiger partial charge in [0.1, 0.15) is 18.3 Å². The fourth-order valence-electron chi connectivity index (χ4n) is 2.67. The SMILES string of the molecule is C[C@H](NC(=O)c1cc(C(F)(F)F)nn1-c1ccccc1Cl)C(=O)OCc1ccccc1. The van der Waals surface area contributed by atoms with Crippen LogP contribution in [-0.2, 0) is 22.3 Å². The highest BCUT2D eigenvalue weighted by atomic mass is 35.5. The number of hydrogen-bond acceptors (Lipinski definition) is 4. The Balaban J connectivity index is 1.79. The van der Waals surface area contributed by atoms with E-state index in [0.717, 1.165) is 10.2 Å². The van der Waals surface area contributed by atoms with Crippen LogP contribution >= 0.6 is 11.6 Å². The third-order valence-electron chi connectivity index (χ3n) is 4.24. The van der Waals surface area contributed by atoms with Crippen molar-refractivity contribution in [1.82, 2.24) is 15.1 Å². The highest BCUT2D eigenvalue weighted by Gasteiger charge is 2.36. The van der Waals surface area contributed by atoms with E-state index in [0.29, 0.717) is 6.07 Å². The molecule has 0 fully saturated rings. The summed E-state index contributed by atoms with van der Waals surface area (Å²) in [7, 11) is 0. The first kappa shape index (κ1) is 22.4. The Morgan fingerprint density at radius 1 is 1.13 bits per heavy atom. The molecule has 1 amide bonds. The third-order valence-corrected chi connectivity index (χ3v) is 4.56. The molecule has 1 aromatic heterocycles. The Morgan fingerprint density at radius 2 is 1.77 bits per heavy atom. The zero-order valence-electron chi connectivity index (χ0n) is 16.2. The van der Waals surface area contributed by atoms with Crippen LogP contribution < -0.4 is 5.32 Å². The number of esters is 1. The number of rotatable bonds is 6. The number of carbonyl (C=O) groups excluding carboxylic acids is 2. The van der Waals surface area contributed by atoms with E-state index in [-0.39, 0.29) is 17.3 Å². The predicted molar refractivity (Wildman–Crippen MR) is 107 cm³/mol. The molecule has 1 atom stereocenters. The van der Waals surface area contributed by atoms with Crippen molar-refractivity contribution in [2.24, 2.45) is 0 Å². The van der Waals surface area contributed by atoms with E-state index in [2.05, 4.69) is 10.4 Å². The van der Waals surface area contributed by atoms with Crippen molar-refractivity contribution in [3.63, 3.8) is 0 Å². The summed E-state index contributed by atoms with van der Waals surface area (Å²) in [6.07, 6.45) is -4.78. The number of para-hydroxylation sites is 1. The standard InChI is InChI=1S/C21H17ClF3N3O3/c1-13(20(30)31-12-14-7-3-2-4-8-14)26-19(29)17-11-18(21(23,24)25)27-28(17)16-10-6-5-9-15(16)22/h2-11,13H,12H2,1H3,(H,26,29)/t13-/m0/s1. The number of alkyl halides is 3. The van der Waals surface area contributed by atoms with Crippen molar-refractivity contribution in [3.05, 3.63) is 82.6 Å². The van der Waals surface area contributed by atoms with Gasteiger partial charge in [-0.3, -0.25) is 4.79 Å². The van der Waals surface area contributed by atoms with Gasteiger partial charge in [-0.1, -0.05) is 54.1 Å². The van der Waals surface area contributed by atoms with Crippen molar-refractivity contribution in [2.45, 2.75) is 25.7 Å². The molecule has 3 aromatic rings. The maximum Gasteiger partial charge on any atom is 0.435 e. The molecule has 0 aliphatic rings. The normalized spacial score (nSPS) is 12.3. The number of hydrogen-bond donors (Lipinski definition) is 1. The van der Waals surface area contributed by atoms with Gasteiger partial charge in [0.15, 0.2) is 5.69 Å². The predicted octanol–water partition coefficient (Wildman–Crippen LogP) is 4.41. The van der Waals surface area contributed by atoms with Gasteiger partial charge in [0.05, 0.1) is 10.7 Å². The number of halogens is 4.